The van der Waals surface area contributed by atoms with Gasteiger partial charge in [0.15, 0.2) is 0 Å². The highest BCUT2D eigenvalue weighted by Crippen LogP contribution is 2.09. The fourth-order valence-corrected chi connectivity index (χ4v) is 3.01. The van der Waals surface area contributed by atoms with Crippen molar-refractivity contribution in [1.82, 2.24) is 9.62 Å². The van der Waals surface area contributed by atoms with Crippen LogP contribution in [0.5, 0.6) is 0 Å². The molecule has 0 heterocycles. The van der Waals surface area contributed by atoms with E-state index in [4.69, 9.17) is 0 Å². The first-order valence-electron chi connectivity index (χ1n) is 5.81. The van der Waals surface area contributed by atoms with Gasteiger partial charge in [-0.2, -0.15) is 4.31 Å². The van der Waals surface area contributed by atoms with E-state index in [1.807, 2.05) is 13.8 Å². The zero-order valence-electron chi connectivity index (χ0n) is 10.6. The van der Waals surface area contributed by atoms with Crippen molar-refractivity contribution >= 4 is 10.0 Å². The average Bonchev–Trinajstić information content (AvgIpc) is 2.25. The van der Waals surface area contributed by atoms with Crippen LogP contribution >= 0.6 is 0 Å². The number of hydrogen-bond donors (Lipinski definition) is 1. The molecule has 0 aromatic carbocycles. The Labute approximate surface area is 99.8 Å². The minimum absolute atomic E-state index is 0.390. The highest BCUT2D eigenvalue weighted by Gasteiger charge is 2.26. The zero-order chi connectivity index (χ0) is 12.6. The Bertz CT molecular complexity index is 288. The van der Waals surface area contributed by atoms with Crippen molar-refractivity contribution in [2.45, 2.75) is 32.4 Å². The monoisotopic (exact) mass is 248 g/mol. The average molecular weight is 248 g/mol. The van der Waals surface area contributed by atoms with Gasteiger partial charge >= 0.3 is 0 Å². The van der Waals surface area contributed by atoms with Crippen LogP contribution in [0.1, 0.15) is 27.2 Å². The number of rotatable bonds is 9. The quantitative estimate of drug-likeness (QED) is 0.624. The van der Waals surface area contributed by atoms with Gasteiger partial charge in [-0.25, -0.2) is 8.42 Å². The molecule has 1 unspecified atom stereocenters. The van der Waals surface area contributed by atoms with Crippen molar-refractivity contribution in [1.29, 1.82) is 0 Å². The number of nitrogens with one attached hydrogen (secondary N) is 1. The smallest absolute Gasteiger partial charge is 0.218 e. The van der Waals surface area contributed by atoms with E-state index in [0.29, 0.717) is 19.6 Å². The number of nitrogens with zero attached hydrogens (tertiary/aromatic N) is 1. The number of sulfonamides is 1. The summed E-state index contributed by atoms with van der Waals surface area (Å²) in [7, 11) is -3.20. The van der Waals surface area contributed by atoms with E-state index in [9.17, 15) is 8.42 Å². The lowest BCUT2D eigenvalue weighted by molar-refractivity contribution is 0.431. The Morgan fingerprint density at radius 3 is 2.50 bits per heavy atom. The first-order valence-corrected chi connectivity index (χ1v) is 7.31. The van der Waals surface area contributed by atoms with Gasteiger partial charge in [0.05, 0.1) is 5.25 Å². The van der Waals surface area contributed by atoms with E-state index in [2.05, 4.69) is 11.9 Å². The summed E-state index contributed by atoms with van der Waals surface area (Å²) in [6.07, 6.45) is 2.45. The highest BCUT2D eigenvalue weighted by molar-refractivity contribution is 7.89. The summed E-state index contributed by atoms with van der Waals surface area (Å²) in [5.41, 5.74) is 0. The molecule has 0 bridgehead atoms. The van der Waals surface area contributed by atoms with Crippen LogP contribution in [-0.4, -0.2) is 44.2 Å². The maximum Gasteiger partial charge on any atom is 0.218 e. The molecule has 0 aromatic heterocycles. The van der Waals surface area contributed by atoms with Gasteiger partial charge < -0.3 is 5.32 Å². The molecule has 0 fully saturated rings. The second-order valence-corrected chi connectivity index (χ2v) is 6.16. The second kappa shape index (κ2) is 7.81. The lowest BCUT2D eigenvalue weighted by Crippen LogP contribution is -2.42. The van der Waals surface area contributed by atoms with Gasteiger partial charge in [-0.3, -0.25) is 0 Å². The standard InChI is InChI=1S/C11H24N2O2S/c1-5-8-13(9-6-2)16(14,15)11(4)10-12-7-3/h5,11-12H,1,6-10H2,2-4H3. The number of hydrogen-bond acceptors (Lipinski definition) is 3. The molecule has 0 radical (unpaired) electrons. The molecule has 0 rings (SSSR count). The van der Waals surface area contributed by atoms with Gasteiger partial charge in [-0.15, -0.1) is 6.58 Å². The Hall–Kier alpha value is -0.390. The van der Waals surface area contributed by atoms with Gasteiger partial charge in [-0.1, -0.05) is 19.9 Å². The van der Waals surface area contributed by atoms with Crippen molar-refractivity contribution in [2.75, 3.05) is 26.2 Å². The Balaban J connectivity index is 4.62. The summed E-state index contributed by atoms with van der Waals surface area (Å²) in [6.45, 7) is 11.5. The molecule has 0 spiro atoms. The van der Waals surface area contributed by atoms with Crippen molar-refractivity contribution in [3.63, 3.8) is 0 Å². The molecule has 5 heteroatoms. The van der Waals surface area contributed by atoms with Gasteiger partial charge in [0.1, 0.15) is 0 Å². The van der Waals surface area contributed by atoms with Crippen LogP contribution in [0.4, 0.5) is 0 Å². The summed E-state index contributed by atoms with van der Waals surface area (Å²) in [4.78, 5) is 0. The predicted molar refractivity (Wildman–Crippen MR) is 69.0 cm³/mol. The Morgan fingerprint density at radius 2 is 2.06 bits per heavy atom. The van der Waals surface area contributed by atoms with Crippen LogP contribution < -0.4 is 5.32 Å². The fourth-order valence-electron chi connectivity index (χ4n) is 1.42. The lowest BCUT2D eigenvalue weighted by Gasteiger charge is -2.24. The normalized spacial score (nSPS) is 14.0. The molecule has 4 nitrogen and oxygen atoms in total. The minimum atomic E-state index is -3.20. The molecule has 0 aliphatic heterocycles. The van der Waals surface area contributed by atoms with Crippen LogP contribution in [0.15, 0.2) is 12.7 Å². The van der Waals surface area contributed by atoms with E-state index < -0.39 is 10.0 Å². The zero-order valence-corrected chi connectivity index (χ0v) is 11.4. The first-order chi connectivity index (χ1) is 7.50. The molecule has 1 N–H and O–H groups in total. The molecule has 0 amide bonds. The molecular formula is C11H24N2O2S. The summed E-state index contributed by atoms with van der Waals surface area (Å²) in [5, 5.41) is 2.67. The van der Waals surface area contributed by atoms with Crippen LogP contribution in [0.3, 0.4) is 0 Å². The Kier molecular flexibility index (Phi) is 7.62. The second-order valence-electron chi connectivity index (χ2n) is 3.81. The predicted octanol–water partition coefficient (Wildman–Crippen LogP) is 1.21. The maximum absolute atomic E-state index is 12.2. The molecular weight excluding hydrogens is 224 g/mol. The molecule has 0 aliphatic carbocycles. The molecule has 1 atom stereocenters. The third-order valence-corrected chi connectivity index (χ3v) is 4.59. The first kappa shape index (κ1) is 15.6. The van der Waals surface area contributed by atoms with E-state index >= 15 is 0 Å². The topological polar surface area (TPSA) is 49.4 Å². The minimum Gasteiger partial charge on any atom is -0.316 e. The molecule has 96 valence electrons. The van der Waals surface area contributed by atoms with Crippen LogP contribution in [0, 0.1) is 0 Å². The van der Waals surface area contributed by atoms with Gasteiger partial charge in [-0.05, 0) is 19.9 Å². The van der Waals surface area contributed by atoms with Crippen LogP contribution in [-0.2, 0) is 10.0 Å². The SMILES string of the molecule is C=CCN(CCC)S(=O)(=O)C(C)CNCC. The highest BCUT2D eigenvalue weighted by atomic mass is 32.2. The van der Waals surface area contributed by atoms with Crippen molar-refractivity contribution in [2.24, 2.45) is 0 Å². The molecule has 0 aliphatic rings. The fraction of sp³-hybridized carbons (Fsp3) is 0.818. The van der Waals surface area contributed by atoms with Crippen molar-refractivity contribution in [3.05, 3.63) is 12.7 Å². The summed E-state index contributed by atoms with van der Waals surface area (Å²) in [6, 6.07) is 0. The Morgan fingerprint density at radius 1 is 1.44 bits per heavy atom. The van der Waals surface area contributed by atoms with Crippen LogP contribution in [0.2, 0.25) is 0 Å². The summed E-state index contributed by atoms with van der Waals surface area (Å²) < 4.78 is 25.8. The third-order valence-electron chi connectivity index (χ3n) is 2.36. The van der Waals surface area contributed by atoms with Gasteiger partial charge in [0.25, 0.3) is 0 Å². The van der Waals surface area contributed by atoms with Crippen molar-refractivity contribution < 1.29 is 8.42 Å². The van der Waals surface area contributed by atoms with Crippen LogP contribution in [0.25, 0.3) is 0 Å². The van der Waals surface area contributed by atoms with E-state index in [1.165, 1.54) is 4.31 Å². The van der Waals surface area contributed by atoms with E-state index in [1.54, 1.807) is 13.0 Å². The lowest BCUT2D eigenvalue weighted by atomic mass is 10.4. The molecule has 0 saturated heterocycles. The van der Waals surface area contributed by atoms with Gasteiger partial charge in [0, 0.05) is 19.6 Å². The summed E-state index contributed by atoms with van der Waals surface area (Å²) >= 11 is 0. The maximum atomic E-state index is 12.2. The van der Waals surface area contributed by atoms with Crippen molar-refractivity contribution in [3.8, 4) is 0 Å². The third kappa shape index (κ3) is 4.63. The van der Waals surface area contributed by atoms with E-state index in [0.717, 1.165) is 13.0 Å². The van der Waals surface area contributed by atoms with E-state index in [-0.39, 0.29) is 5.25 Å². The molecule has 0 aromatic rings. The summed E-state index contributed by atoms with van der Waals surface area (Å²) in [5.74, 6) is 0. The largest absolute Gasteiger partial charge is 0.316 e. The molecule has 0 saturated carbocycles. The molecule has 16 heavy (non-hydrogen) atoms. The van der Waals surface area contributed by atoms with Gasteiger partial charge in [0.2, 0.25) is 10.0 Å².